The monoisotopic (exact) mass is 265 g/mol. The molecule has 0 bridgehead atoms. The predicted molar refractivity (Wildman–Crippen MR) is 79.2 cm³/mol. The molecule has 1 heterocycles. The molecule has 0 aromatic carbocycles. The van der Waals surface area contributed by atoms with Crippen molar-refractivity contribution in [3.63, 3.8) is 0 Å². The molecule has 1 amide bonds. The normalized spacial score (nSPS) is 22.8. The van der Waals surface area contributed by atoms with E-state index in [1.807, 2.05) is 45.9 Å². The van der Waals surface area contributed by atoms with E-state index < -0.39 is 11.1 Å². The zero-order valence-electron chi connectivity index (χ0n) is 12.9. The second kappa shape index (κ2) is 5.68. The molecule has 0 spiro atoms. The lowest BCUT2D eigenvalue weighted by molar-refractivity contribution is -0.130. The third-order valence-electron chi connectivity index (χ3n) is 2.84. The molecule has 1 atom stereocenters. The Kier molecular flexibility index (Phi) is 4.66. The molecule has 0 saturated heterocycles. The molecule has 0 fully saturated rings. The van der Waals surface area contributed by atoms with Crippen molar-refractivity contribution in [3.8, 4) is 0 Å². The average molecular weight is 265 g/mol. The maximum atomic E-state index is 12.1. The molecular formula is C15H27N3O. The highest BCUT2D eigenvalue weighted by molar-refractivity contribution is 5.82. The summed E-state index contributed by atoms with van der Waals surface area (Å²) in [5, 5.41) is 9.69. The summed E-state index contributed by atoms with van der Waals surface area (Å²) >= 11 is 0. The van der Waals surface area contributed by atoms with Gasteiger partial charge in [0.05, 0.1) is 0 Å². The maximum absolute atomic E-state index is 12.1. The van der Waals surface area contributed by atoms with Gasteiger partial charge in [0.25, 0.3) is 0 Å². The first kappa shape index (κ1) is 15.6. The van der Waals surface area contributed by atoms with Crippen LogP contribution in [-0.2, 0) is 4.79 Å². The fourth-order valence-electron chi connectivity index (χ4n) is 1.61. The standard InChI is InChI=1S/C15H27N3O/c1-11(2)10-16-12-8-7-9-15(6,17-12)18-13(19)14(3,4)5/h7-9,11,16-17H,10H2,1-6H3,(H,18,19)/t15-/m0/s1. The summed E-state index contributed by atoms with van der Waals surface area (Å²) in [6.07, 6.45) is 5.90. The first-order chi connectivity index (χ1) is 8.62. The van der Waals surface area contributed by atoms with Crippen molar-refractivity contribution in [2.24, 2.45) is 11.3 Å². The van der Waals surface area contributed by atoms with Gasteiger partial charge < -0.3 is 16.0 Å². The summed E-state index contributed by atoms with van der Waals surface area (Å²) in [6, 6.07) is 0. The minimum atomic E-state index is -0.543. The molecule has 3 N–H and O–H groups in total. The lowest BCUT2D eigenvalue weighted by atomic mass is 9.94. The van der Waals surface area contributed by atoms with Gasteiger partial charge in [-0.3, -0.25) is 4.79 Å². The van der Waals surface area contributed by atoms with Crippen molar-refractivity contribution < 1.29 is 4.79 Å². The summed E-state index contributed by atoms with van der Waals surface area (Å²) in [7, 11) is 0. The Hall–Kier alpha value is -1.45. The van der Waals surface area contributed by atoms with Gasteiger partial charge in [0.15, 0.2) is 0 Å². The number of nitrogens with one attached hydrogen (secondary N) is 3. The minimum Gasteiger partial charge on any atom is -0.372 e. The Bertz CT molecular complexity index is 391. The van der Waals surface area contributed by atoms with Gasteiger partial charge in [-0.05, 0) is 25.0 Å². The third kappa shape index (κ3) is 4.97. The second-order valence-corrected chi connectivity index (χ2v) is 6.75. The van der Waals surface area contributed by atoms with E-state index in [2.05, 4.69) is 29.8 Å². The van der Waals surface area contributed by atoms with Gasteiger partial charge in [0.2, 0.25) is 5.91 Å². The van der Waals surface area contributed by atoms with Gasteiger partial charge in [-0.2, -0.15) is 0 Å². The molecule has 0 unspecified atom stereocenters. The number of allylic oxidation sites excluding steroid dienone is 2. The Morgan fingerprint density at radius 2 is 2.05 bits per heavy atom. The zero-order valence-corrected chi connectivity index (χ0v) is 12.9. The number of hydrogen-bond donors (Lipinski definition) is 3. The van der Waals surface area contributed by atoms with Crippen LogP contribution < -0.4 is 16.0 Å². The molecule has 0 aromatic heterocycles. The van der Waals surface area contributed by atoms with Crippen molar-refractivity contribution in [1.29, 1.82) is 0 Å². The zero-order chi connectivity index (χ0) is 14.7. The summed E-state index contributed by atoms with van der Waals surface area (Å²) < 4.78 is 0. The Morgan fingerprint density at radius 1 is 1.42 bits per heavy atom. The molecule has 19 heavy (non-hydrogen) atoms. The molecule has 1 rings (SSSR count). The van der Waals surface area contributed by atoms with Gasteiger partial charge in [-0.25, -0.2) is 0 Å². The first-order valence-corrected chi connectivity index (χ1v) is 6.86. The van der Waals surface area contributed by atoms with Crippen LogP contribution in [-0.4, -0.2) is 18.1 Å². The van der Waals surface area contributed by atoms with Crippen molar-refractivity contribution in [3.05, 3.63) is 24.0 Å². The van der Waals surface area contributed by atoms with Gasteiger partial charge >= 0.3 is 0 Å². The number of rotatable bonds is 4. The van der Waals surface area contributed by atoms with Gasteiger partial charge in [-0.15, -0.1) is 0 Å². The van der Waals surface area contributed by atoms with E-state index in [1.54, 1.807) is 0 Å². The average Bonchev–Trinajstić information content (AvgIpc) is 2.24. The van der Waals surface area contributed by atoms with Crippen LogP contribution in [0.1, 0.15) is 41.5 Å². The number of carbonyl (C=O) groups is 1. The molecule has 0 radical (unpaired) electrons. The van der Waals surface area contributed by atoms with Gasteiger partial charge in [0, 0.05) is 12.0 Å². The van der Waals surface area contributed by atoms with Crippen LogP contribution in [0.2, 0.25) is 0 Å². The third-order valence-corrected chi connectivity index (χ3v) is 2.84. The van der Waals surface area contributed by atoms with Crippen molar-refractivity contribution in [2.45, 2.75) is 47.2 Å². The summed E-state index contributed by atoms with van der Waals surface area (Å²) in [5.74, 6) is 1.54. The fourth-order valence-corrected chi connectivity index (χ4v) is 1.61. The quantitative estimate of drug-likeness (QED) is 0.730. The number of hydrogen-bond acceptors (Lipinski definition) is 3. The lowest BCUT2D eigenvalue weighted by Crippen LogP contribution is -2.59. The van der Waals surface area contributed by atoms with Gasteiger partial charge in [-0.1, -0.05) is 40.7 Å². The van der Waals surface area contributed by atoms with E-state index in [1.165, 1.54) is 0 Å². The molecule has 4 nitrogen and oxygen atoms in total. The lowest BCUT2D eigenvalue weighted by Gasteiger charge is -2.35. The highest BCUT2D eigenvalue weighted by Gasteiger charge is 2.30. The Balaban J connectivity index is 2.63. The molecular weight excluding hydrogens is 238 g/mol. The highest BCUT2D eigenvalue weighted by Crippen LogP contribution is 2.17. The summed E-state index contributed by atoms with van der Waals surface area (Å²) in [4.78, 5) is 12.1. The van der Waals surface area contributed by atoms with Crippen LogP contribution in [0.25, 0.3) is 0 Å². The first-order valence-electron chi connectivity index (χ1n) is 6.86. The summed E-state index contributed by atoms with van der Waals surface area (Å²) in [5.41, 5.74) is -0.941. The topological polar surface area (TPSA) is 53.2 Å². The van der Waals surface area contributed by atoms with Crippen LogP contribution in [0.15, 0.2) is 24.0 Å². The Morgan fingerprint density at radius 3 is 2.58 bits per heavy atom. The van der Waals surface area contributed by atoms with E-state index in [0.717, 1.165) is 12.4 Å². The largest absolute Gasteiger partial charge is 0.372 e. The molecule has 0 aliphatic carbocycles. The second-order valence-electron chi connectivity index (χ2n) is 6.75. The molecule has 4 heteroatoms. The molecule has 108 valence electrons. The minimum absolute atomic E-state index is 0.0252. The van der Waals surface area contributed by atoms with Crippen LogP contribution in [0.3, 0.4) is 0 Å². The van der Waals surface area contributed by atoms with Crippen molar-refractivity contribution >= 4 is 5.91 Å². The number of carbonyl (C=O) groups excluding carboxylic acids is 1. The van der Waals surface area contributed by atoms with E-state index >= 15 is 0 Å². The molecule has 1 aliphatic rings. The number of amides is 1. The SMILES string of the molecule is CC(C)CNC1=CC=C[C@](C)(NC(=O)C(C)(C)C)N1. The molecule has 1 aliphatic heterocycles. The van der Waals surface area contributed by atoms with Gasteiger partial charge in [0.1, 0.15) is 11.5 Å². The van der Waals surface area contributed by atoms with E-state index in [0.29, 0.717) is 5.92 Å². The molecule has 0 saturated carbocycles. The fraction of sp³-hybridized carbons (Fsp3) is 0.667. The van der Waals surface area contributed by atoms with E-state index in [-0.39, 0.29) is 5.91 Å². The van der Waals surface area contributed by atoms with Crippen LogP contribution in [0.5, 0.6) is 0 Å². The van der Waals surface area contributed by atoms with Crippen LogP contribution >= 0.6 is 0 Å². The van der Waals surface area contributed by atoms with E-state index in [9.17, 15) is 4.79 Å². The summed E-state index contributed by atoms with van der Waals surface area (Å²) in [6.45, 7) is 12.9. The molecule has 0 aromatic rings. The predicted octanol–water partition coefficient (Wildman–Crippen LogP) is 2.11. The smallest absolute Gasteiger partial charge is 0.227 e. The highest BCUT2D eigenvalue weighted by atomic mass is 16.2. The number of dihydropyridines is 1. The van der Waals surface area contributed by atoms with Crippen molar-refractivity contribution in [1.82, 2.24) is 16.0 Å². The maximum Gasteiger partial charge on any atom is 0.227 e. The van der Waals surface area contributed by atoms with Crippen LogP contribution in [0, 0.1) is 11.3 Å². The van der Waals surface area contributed by atoms with Crippen molar-refractivity contribution in [2.75, 3.05) is 6.54 Å². The Labute approximate surface area is 116 Å². The van der Waals surface area contributed by atoms with Crippen LogP contribution in [0.4, 0.5) is 0 Å². The van der Waals surface area contributed by atoms with E-state index in [4.69, 9.17) is 0 Å².